The van der Waals surface area contributed by atoms with Crippen molar-refractivity contribution in [3.63, 3.8) is 0 Å². The van der Waals surface area contributed by atoms with Gasteiger partial charge in [0.25, 0.3) is 11.8 Å². The van der Waals surface area contributed by atoms with E-state index in [-0.39, 0.29) is 17.8 Å². The molecule has 4 nitrogen and oxygen atoms in total. The van der Waals surface area contributed by atoms with Crippen molar-refractivity contribution in [2.75, 3.05) is 5.32 Å². The third-order valence-electron chi connectivity index (χ3n) is 4.19. The van der Waals surface area contributed by atoms with Crippen molar-refractivity contribution >= 4 is 29.1 Å². The molecule has 2 aromatic carbocycles. The number of rotatable bonds is 4. The molecule has 0 aromatic heterocycles. The van der Waals surface area contributed by atoms with E-state index in [1.54, 1.807) is 0 Å². The summed E-state index contributed by atoms with van der Waals surface area (Å²) in [6.07, 6.45) is -9.15. The minimum absolute atomic E-state index is 0.115. The van der Waals surface area contributed by atoms with E-state index in [1.165, 1.54) is 6.07 Å². The van der Waals surface area contributed by atoms with Crippen molar-refractivity contribution in [1.29, 1.82) is 0 Å². The Kier molecular flexibility index (Phi) is 5.55. The van der Waals surface area contributed by atoms with Crippen molar-refractivity contribution in [1.82, 2.24) is 4.90 Å². The number of carbonyl (C=O) groups is 2. The van der Waals surface area contributed by atoms with Crippen LogP contribution in [0.5, 0.6) is 0 Å². The molecule has 0 bridgehead atoms. The molecule has 30 heavy (non-hydrogen) atoms. The van der Waals surface area contributed by atoms with Crippen LogP contribution in [0.15, 0.2) is 59.3 Å². The summed E-state index contributed by atoms with van der Waals surface area (Å²) in [5.74, 6) is -1.83. The van der Waals surface area contributed by atoms with Gasteiger partial charge in [0.05, 0.1) is 17.7 Å². The number of carbonyl (C=O) groups excluding carboxylic acids is 2. The van der Waals surface area contributed by atoms with Crippen LogP contribution in [0.3, 0.4) is 0 Å². The zero-order chi connectivity index (χ0) is 22.3. The van der Waals surface area contributed by atoms with Crippen molar-refractivity contribution in [2.45, 2.75) is 18.9 Å². The molecule has 158 valence electrons. The smallest absolute Gasteiger partial charge is 0.350 e. The summed E-state index contributed by atoms with van der Waals surface area (Å²) in [6.45, 7) is -0.361. The SMILES string of the molecule is O=C1C(Cl)=C(Nc2cccc(C(F)(F)F)c2)C(=O)N1Cc1ccc(C(F)(F)F)cc1. The predicted molar refractivity (Wildman–Crippen MR) is 94.9 cm³/mol. The van der Waals surface area contributed by atoms with E-state index in [1.807, 2.05) is 0 Å². The largest absolute Gasteiger partial charge is 0.416 e. The Morgan fingerprint density at radius 3 is 2.00 bits per heavy atom. The number of nitrogens with one attached hydrogen (secondary N) is 1. The lowest BCUT2D eigenvalue weighted by atomic mass is 10.1. The number of alkyl halides is 6. The second-order valence-corrected chi connectivity index (χ2v) is 6.66. The maximum Gasteiger partial charge on any atom is 0.416 e. The number of amides is 2. The Balaban J connectivity index is 1.78. The predicted octanol–water partition coefficient (Wildman–Crippen LogP) is 5.16. The number of halogens is 7. The van der Waals surface area contributed by atoms with Gasteiger partial charge < -0.3 is 5.32 Å². The molecule has 1 N–H and O–H groups in total. The maximum atomic E-state index is 12.8. The van der Waals surface area contributed by atoms with Gasteiger partial charge >= 0.3 is 12.4 Å². The number of imide groups is 1. The fraction of sp³-hybridized carbons (Fsp3) is 0.158. The highest BCUT2D eigenvalue weighted by atomic mass is 35.5. The summed E-state index contributed by atoms with van der Waals surface area (Å²) < 4.78 is 76.4. The van der Waals surface area contributed by atoms with E-state index in [4.69, 9.17) is 11.6 Å². The highest BCUT2D eigenvalue weighted by Gasteiger charge is 2.38. The number of hydrogen-bond acceptors (Lipinski definition) is 3. The summed E-state index contributed by atoms with van der Waals surface area (Å²) >= 11 is 5.88. The number of hydrogen-bond donors (Lipinski definition) is 1. The van der Waals surface area contributed by atoms with Crippen LogP contribution in [0.25, 0.3) is 0 Å². The second kappa shape index (κ2) is 7.67. The van der Waals surface area contributed by atoms with Gasteiger partial charge in [0, 0.05) is 5.69 Å². The van der Waals surface area contributed by atoms with E-state index in [9.17, 15) is 35.9 Å². The Morgan fingerprint density at radius 2 is 1.43 bits per heavy atom. The first-order chi connectivity index (χ1) is 13.9. The average molecular weight is 449 g/mol. The molecule has 11 heteroatoms. The molecule has 0 aliphatic carbocycles. The molecule has 0 fully saturated rings. The van der Waals surface area contributed by atoms with Crippen LogP contribution in [-0.4, -0.2) is 16.7 Å². The molecular formula is C19H11ClF6N2O2. The molecule has 0 saturated carbocycles. The lowest BCUT2D eigenvalue weighted by molar-refractivity contribution is -0.139. The van der Waals surface area contributed by atoms with Crippen molar-refractivity contribution < 1.29 is 35.9 Å². The van der Waals surface area contributed by atoms with Crippen LogP contribution in [0.1, 0.15) is 16.7 Å². The Hall–Kier alpha value is -3.01. The molecule has 1 aliphatic rings. The first-order valence-corrected chi connectivity index (χ1v) is 8.62. The third kappa shape index (κ3) is 4.43. The van der Waals surface area contributed by atoms with E-state index in [0.717, 1.165) is 42.5 Å². The van der Waals surface area contributed by atoms with E-state index in [0.29, 0.717) is 4.90 Å². The first kappa shape index (κ1) is 21.7. The van der Waals surface area contributed by atoms with Crippen LogP contribution < -0.4 is 5.32 Å². The van der Waals surface area contributed by atoms with Gasteiger partial charge in [-0.3, -0.25) is 14.5 Å². The van der Waals surface area contributed by atoms with E-state index >= 15 is 0 Å². The van der Waals surface area contributed by atoms with Gasteiger partial charge in [0.2, 0.25) is 0 Å². The molecule has 0 saturated heterocycles. The minimum Gasteiger partial charge on any atom is -0.350 e. The summed E-state index contributed by atoms with van der Waals surface area (Å²) in [6, 6.07) is 7.76. The Labute approximate surface area is 170 Å². The fourth-order valence-electron chi connectivity index (χ4n) is 2.70. The monoisotopic (exact) mass is 448 g/mol. The van der Waals surface area contributed by atoms with Gasteiger partial charge in [-0.2, -0.15) is 26.3 Å². The second-order valence-electron chi connectivity index (χ2n) is 6.28. The molecule has 0 spiro atoms. The van der Waals surface area contributed by atoms with Gasteiger partial charge in [-0.15, -0.1) is 0 Å². The highest BCUT2D eigenvalue weighted by Crippen LogP contribution is 2.33. The molecule has 2 aromatic rings. The number of nitrogens with zero attached hydrogens (tertiary/aromatic N) is 1. The van der Waals surface area contributed by atoms with Crippen LogP contribution in [0.2, 0.25) is 0 Å². The molecule has 2 amide bonds. The maximum absolute atomic E-state index is 12.8. The molecule has 0 unspecified atom stereocenters. The van der Waals surface area contributed by atoms with Crippen molar-refractivity contribution in [3.8, 4) is 0 Å². The Bertz CT molecular complexity index is 1030. The van der Waals surface area contributed by atoms with E-state index in [2.05, 4.69) is 5.32 Å². The molecule has 1 aliphatic heterocycles. The summed E-state index contributed by atoms with van der Waals surface area (Å²) in [5, 5.41) is 1.88. The van der Waals surface area contributed by atoms with Gasteiger partial charge in [-0.05, 0) is 35.9 Å². The first-order valence-electron chi connectivity index (χ1n) is 8.24. The molecule has 1 heterocycles. The van der Waals surface area contributed by atoms with Gasteiger partial charge in [-0.1, -0.05) is 29.8 Å². The quantitative estimate of drug-likeness (QED) is 0.519. The van der Waals surface area contributed by atoms with Crippen molar-refractivity contribution in [3.05, 3.63) is 76.0 Å². The molecule has 0 radical (unpaired) electrons. The van der Waals surface area contributed by atoms with Gasteiger partial charge in [0.15, 0.2) is 0 Å². The van der Waals surface area contributed by atoms with E-state index < -0.39 is 46.0 Å². The van der Waals surface area contributed by atoms with Crippen LogP contribution in [-0.2, 0) is 28.5 Å². The molecular weight excluding hydrogens is 438 g/mol. The summed E-state index contributed by atoms with van der Waals surface area (Å²) in [4.78, 5) is 25.5. The van der Waals surface area contributed by atoms with Crippen LogP contribution >= 0.6 is 11.6 Å². The Morgan fingerprint density at radius 1 is 0.833 bits per heavy atom. The molecule has 3 rings (SSSR count). The minimum atomic E-state index is -4.61. The summed E-state index contributed by atoms with van der Waals surface area (Å²) in [5.41, 5.74) is -2.17. The van der Waals surface area contributed by atoms with Gasteiger partial charge in [-0.25, -0.2) is 0 Å². The normalized spacial score (nSPS) is 15.2. The van der Waals surface area contributed by atoms with Crippen molar-refractivity contribution in [2.24, 2.45) is 0 Å². The molecule has 0 atom stereocenters. The van der Waals surface area contributed by atoms with Crippen LogP contribution in [0, 0.1) is 0 Å². The zero-order valence-electron chi connectivity index (χ0n) is 14.7. The number of benzene rings is 2. The highest BCUT2D eigenvalue weighted by molar-refractivity contribution is 6.48. The zero-order valence-corrected chi connectivity index (χ0v) is 15.5. The topological polar surface area (TPSA) is 49.4 Å². The lowest BCUT2D eigenvalue weighted by Gasteiger charge is -2.16. The average Bonchev–Trinajstić information content (AvgIpc) is 2.85. The lowest BCUT2D eigenvalue weighted by Crippen LogP contribution is -2.31. The fourth-order valence-corrected chi connectivity index (χ4v) is 2.93. The van der Waals surface area contributed by atoms with Crippen LogP contribution in [0.4, 0.5) is 32.0 Å². The van der Waals surface area contributed by atoms with Gasteiger partial charge in [0.1, 0.15) is 10.7 Å². The summed E-state index contributed by atoms with van der Waals surface area (Å²) in [7, 11) is 0. The standard InChI is InChI=1S/C19H11ClF6N2O2/c20-14-15(27-13-3-1-2-12(8-13)19(24,25)26)17(30)28(16(14)29)9-10-4-6-11(7-5-10)18(21,22)23/h1-8,27H,9H2. The number of anilines is 1. The third-order valence-corrected chi connectivity index (χ3v) is 4.54.